The minimum Gasteiger partial charge on any atom is -0.316 e. The first kappa shape index (κ1) is 11.3. The predicted octanol–water partition coefficient (Wildman–Crippen LogP) is 1.42. The lowest BCUT2D eigenvalue weighted by Gasteiger charge is -2.38. The molecule has 3 unspecified atom stereocenters. The van der Waals surface area contributed by atoms with Crippen molar-refractivity contribution in [2.75, 3.05) is 25.9 Å². The van der Waals surface area contributed by atoms with Crippen LogP contribution in [0.2, 0.25) is 0 Å². The summed E-state index contributed by atoms with van der Waals surface area (Å²) in [5.74, 6) is 1.29. The Bertz CT molecular complexity index is 152. The van der Waals surface area contributed by atoms with Gasteiger partial charge in [0.2, 0.25) is 0 Å². The highest BCUT2D eigenvalue weighted by Gasteiger charge is 2.25. The quantitative estimate of drug-likeness (QED) is 0.745. The van der Waals surface area contributed by atoms with Gasteiger partial charge in [-0.05, 0) is 20.9 Å². The molecule has 0 spiro atoms. The largest absolute Gasteiger partial charge is 0.316 e. The molecule has 0 aromatic carbocycles. The van der Waals surface area contributed by atoms with Crippen molar-refractivity contribution in [1.82, 2.24) is 10.2 Å². The number of nitrogens with zero attached hydrogens (tertiary/aromatic N) is 1. The van der Waals surface area contributed by atoms with Crippen molar-refractivity contribution in [2.24, 2.45) is 0 Å². The van der Waals surface area contributed by atoms with E-state index < -0.39 is 0 Å². The number of rotatable bonds is 3. The molecule has 0 amide bonds. The van der Waals surface area contributed by atoms with Crippen LogP contribution in [0.1, 0.15) is 20.8 Å². The Morgan fingerprint density at radius 1 is 1.54 bits per heavy atom. The zero-order valence-corrected chi connectivity index (χ0v) is 10.0. The summed E-state index contributed by atoms with van der Waals surface area (Å²) in [5, 5.41) is 4.09. The topological polar surface area (TPSA) is 15.3 Å². The Labute approximate surface area is 86.5 Å². The molecular weight excluding hydrogens is 180 g/mol. The highest BCUT2D eigenvalue weighted by molar-refractivity contribution is 8.00. The van der Waals surface area contributed by atoms with Crippen molar-refractivity contribution in [3.05, 3.63) is 0 Å². The summed E-state index contributed by atoms with van der Waals surface area (Å²) in [7, 11) is 2.04. The second-order valence-electron chi connectivity index (χ2n) is 4.00. The van der Waals surface area contributed by atoms with E-state index in [4.69, 9.17) is 0 Å². The van der Waals surface area contributed by atoms with Crippen LogP contribution in [0.4, 0.5) is 0 Å². The molecule has 13 heavy (non-hydrogen) atoms. The van der Waals surface area contributed by atoms with E-state index in [2.05, 4.69) is 42.7 Å². The molecule has 3 atom stereocenters. The van der Waals surface area contributed by atoms with Gasteiger partial charge in [0.15, 0.2) is 0 Å². The summed E-state index contributed by atoms with van der Waals surface area (Å²) in [4.78, 5) is 2.60. The molecule has 0 bridgehead atoms. The Balaban J connectivity index is 2.39. The van der Waals surface area contributed by atoms with Gasteiger partial charge in [-0.2, -0.15) is 11.8 Å². The van der Waals surface area contributed by atoms with Crippen molar-refractivity contribution in [1.29, 1.82) is 0 Å². The molecule has 78 valence electrons. The first-order chi connectivity index (χ1) is 6.15. The third kappa shape index (κ3) is 3.15. The van der Waals surface area contributed by atoms with E-state index in [1.165, 1.54) is 18.8 Å². The lowest BCUT2D eigenvalue weighted by Crippen LogP contribution is -2.49. The minimum absolute atomic E-state index is 0.609. The summed E-state index contributed by atoms with van der Waals surface area (Å²) < 4.78 is 0. The van der Waals surface area contributed by atoms with Crippen molar-refractivity contribution in [2.45, 2.75) is 38.1 Å². The molecule has 1 rings (SSSR count). The van der Waals surface area contributed by atoms with E-state index in [0.717, 1.165) is 11.3 Å². The van der Waals surface area contributed by atoms with Gasteiger partial charge in [0.05, 0.1) is 0 Å². The van der Waals surface area contributed by atoms with Crippen molar-refractivity contribution in [3.63, 3.8) is 0 Å². The summed E-state index contributed by atoms with van der Waals surface area (Å²) in [6.45, 7) is 9.37. The predicted molar refractivity (Wildman–Crippen MR) is 61.5 cm³/mol. The standard InChI is InChI=1S/C10H22N2S/c1-8(11-4)7-12-5-6-13-10(3)9(12)2/h8-11H,5-7H2,1-4H3. The van der Waals surface area contributed by atoms with Crippen molar-refractivity contribution in [3.8, 4) is 0 Å². The zero-order chi connectivity index (χ0) is 9.84. The van der Waals surface area contributed by atoms with Crippen LogP contribution >= 0.6 is 11.8 Å². The second-order valence-corrected chi connectivity index (χ2v) is 5.49. The third-order valence-corrected chi connectivity index (χ3v) is 4.35. The summed E-state index contributed by atoms with van der Waals surface area (Å²) >= 11 is 2.10. The number of nitrogens with one attached hydrogen (secondary N) is 1. The van der Waals surface area contributed by atoms with Gasteiger partial charge in [-0.1, -0.05) is 6.92 Å². The zero-order valence-electron chi connectivity index (χ0n) is 9.21. The van der Waals surface area contributed by atoms with Crippen LogP contribution in [0, 0.1) is 0 Å². The molecule has 0 saturated carbocycles. The van der Waals surface area contributed by atoms with E-state index in [0.29, 0.717) is 6.04 Å². The summed E-state index contributed by atoms with van der Waals surface area (Å²) in [6.07, 6.45) is 0. The fourth-order valence-electron chi connectivity index (χ4n) is 1.70. The highest BCUT2D eigenvalue weighted by atomic mass is 32.2. The maximum Gasteiger partial charge on any atom is 0.0184 e. The Kier molecular flexibility index (Phi) is 4.56. The van der Waals surface area contributed by atoms with Gasteiger partial charge >= 0.3 is 0 Å². The van der Waals surface area contributed by atoms with Crippen LogP contribution < -0.4 is 5.32 Å². The molecule has 2 nitrogen and oxygen atoms in total. The van der Waals surface area contributed by atoms with Gasteiger partial charge in [0, 0.05) is 36.2 Å². The Hall–Kier alpha value is 0.270. The van der Waals surface area contributed by atoms with E-state index in [1.54, 1.807) is 0 Å². The summed E-state index contributed by atoms with van der Waals surface area (Å²) in [5.41, 5.74) is 0. The Morgan fingerprint density at radius 3 is 2.85 bits per heavy atom. The molecule has 0 aromatic rings. The van der Waals surface area contributed by atoms with Crippen LogP contribution in [0.5, 0.6) is 0 Å². The van der Waals surface area contributed by atoms with Crippen molar-refractivity contribution >= 4 is 11.8 Å². The lowest BCUT2D eigenvalue weighted by atomic mass is 10.2. The molecular formula is C10H22N2S. The molecule has 3 heteroatoms. The van der Waals surface area contributed by atoms with Crippen LogP contribution in [-0.2, 0) is 0 Å². The highest BCUT2D eigenvalue weighted by Crippen LogP contribution is 2.23. The summed E-state index contributed by atoms with van der Waals surface area (Å²) in [6, 6.07) is 1.34. The number of hydrogen-bond acceptors (Lipinski definition) is 3. The SMILES string of the molecule is CNC(C)CN1CCSC(C)C1C. The van der Waals surface area contributed by atoms with E-state index in [1.807, 2.05) is 7.05 Å². The Morgan fingerprint density at radius 2 is 2.23 bits per heavy atom. The van der Waals surface area contributed by atoms with Gasteiger partial charge < -0.3 is 5.32 Å². The van der Waals surface area contributed by atoms with Crippen LogP contribution in [0.15, 0.2) is 0 Å². The molecule has 0 aliphatic carbocycles. The van der Waals surface area contributed by atoms with Crippen LogP contribution in [-0.4, -0.2) is 48.1 Å². The number of hydrogen-bond donors (Lipinski definition) is 1. The average molecular weight is 202 g/mol. The van der Waals surface area contributed by atoms with Gasteiger partial charge in [0.1, 0.15) is 0 Å². The first-order valence-corrected chi connectivity index (χ1v) is 6.23. The first-order valence-electron chi connectivity index (χ1n) is 5.18. The van der Waals surface area contributed by atoms with Crippen LogP contribution in [0.25, 0.3) is 0 Å². The molecule has 1 aliphatic rings. The smallest absolute Gasteiger partial charge is 0.0184 e. The molecule has 1 heterocycles. The molecule has 1 aliphatic heterocycles. The van der Waals surface area contributed by atoms with Gasteiger partial charge in [-0.25, -0.2) is 0 Å². The van der Waals surface area contributed by atoms with Gasteiger partial charge in [-0.3, -0.25) is 4.90 Å². The lowest BCUT2D eigenvalue weighted by molar-refractivity contribution is 0.196. The maximum absolute atomic E-state index is 3.30. The van der Waals surface area contributed by atoms with E-state index >= 15 is 0 Å². The van der Waals surface area contributed by atoms with Crippen LogP contribution in [0.3, 0.4) is 0 Å². The second kappa shape index (κ2) is 5.23. The van der Waals surface area contributed by atoms with Crippen molar-refractivity contribution < 1.29 is 0 Å². The fraction of sp³-hybridized carbons (Fsp3) is 1.00. The third-order valence-electron chi connectivity index (χ3n) is 3.02. The normalized spacial score (nSPS) is 33.2. The van der Waals surface area contributed by atoms with E-state index in [9.17, 15) is 0 Å². The molecule has 1 saturated heterocycles. The molecule has 0 aromatic heterocycles. The number of thioether (sulfide) groups is 1. The molecule has 0 radical (unpaired) electrons. The number of likely N-dealkylation sites (N-methyl/N-ethyl adjacent to an activating group) is 1. The minimum atomic E-state index is 0.609. The monoisotopic (exact) mass is 202 g/mol. The average Bonchev–Trinajstić information content (AvgIpc) is 2.13. The maximum atomic E-state index is 3.30. The van der Waals surface area contributed by atoms with Gasteiger partial charge in [-0.15, -0.1) is 0 Å². The van der Waals surface area contributed by atoms with E-state index in [-0.39, 0.29) is 0 Å². The molecule has 1 N–H and O–H groups in total. The van der Waals surface area contributed by atoms with Gasteiger partial charge in [0.25, 0.3) is 0 Å². The fourth-order valence-corrected chi connectivity index (χ4v) is 2.86. The molecule has 1 fully saturated rings.